The normalized spacial score (nSPS) is 23.2. The standard InChI is InChI=1S/C30H34O4/c1-19-17-23-24(29(4,5)14-13-28(23,2)3)18-22(19)30(33-15-6-16-34-30)21-9-7-20(8-10-21)27-25(31)11-12-26(27)32/h7-10,13-14,17-18,27H,6,11-12,15-16H2,1-5H3. The Bertz CT molecular complexity index is 1160. The minimum Gasteiger partial charge on any atom is -0.342 e. The predicted octanol–water partition coefficient (Wildman–Crippen LogP) is 5.77. The zero-order chi connectivity index (χ0) is 24.3. The van der Waals surface area contributed by atoms with E-state index >= 15 is 0 Å². The summed E-state index contributed by atoms with van der Waals surface area (Å²) in [6.45, 7) is 12.3. The number of hydrogen-bond acceptors (Lipinski definition) is 4. The molecule has 3 aliphatic rings. The van der Waals surface area contributed by atoms with Crippen LogP contribution in [0.4, 0.5) is 0 Å². The van der Waals surface area contributed by atoms with E-state index < -0.39 is 11.7 Å². The summed E-state index contributed by atoms with van der Waals surface area (Å²) < 4.78 is 12.9. The zero-order valence-corrected chi connectivity index (χ0v) is 20.9. The predicted molar refractivity (Wildman–Crippen MR) is 132 cm³/mol. The van der Waals surface area contributed by atoms with Crippen LogP contribution < -0.4 is 0 Å². The molecule has 2 aromatic rings. The monoisotopic (exact) mass is 458 g/mol. The maximum Gasteiger partial charge on any atom is 0.222 e. The molecule has 0 N–H and O–H groups in total. The Hall–Kier alpha value is -2.56. The van der Waals surface area contributed by atoms with Crippen molar-refractivity contribution in [1.82, 2.24) is 0 Å². The average molecular weight is 459 g/mol. The van der Waals surface area contributed by atoms with Gasteiger partial charge in [-0.2, -0.15) is 0 Å². The first-order chi connectivity index (χ1) is 16.1. The number of allylic oxidation sites excluding steroid dienone is 2. The first-order valence-corrected chi connectivity index (χ1v) is 12.4. The maximum atomic E-state index is 12.3. The highest BCUT2D eigenvalue weighted by Gasteiger charge is 2.43. The molecule has 0 aromatic heterocycles. The molecular weight excluding hydrogens is 424 g/mol. The summed E-state index contributed by atoms with van der Waals surface area (Å²) in [7, 11) is 0. The summed E-state index contributed by atoms with van der Waals surface area (Å²) in [5.74, 6) is -1.61. The third kappa shape index (κ3) is 3.59. The number of carbonyl (C=O) groups is 2. The Balaban J connectivity index is 1.63. The molecule has 4 heteroatoms. The molecule has 1 saturated heterocycles. The van der Waals surface area contributed by atoms with Gasteiger partial charge >= 0.3 is 0 Å². The lowest BCUT2D eigenvalue weighted by Gasteiger charge is -2.42. The van der Waals surface area contributed by atoms with Crippen LogP contribution in [0.2, 0.25) is 0 Å². The second kappa shape index (κ2) is 8.00. The van der Waals surface area contributed by atoms with Gasteiger partial charge in [0.05, 0.1) is 13.2 Å². The molecule has 4 nitrogen and oxygen atoms in total. The van der Waals surface area contributed by atoms with Crippen molar-refractivity contribution < 1.29 is 19.1 Å². The van der Waals surface area contributed by atoms with E-state index in [0.717, 1.165) is 28.7 Å². The van der Waals surface area contributed by atoms with Gasteiger partial charge in [-0.15, -0.1) is 0 Å². The van der Waals surface area contributed by atoms with Gasteiger partial charge in [0, 0.05) is 34.8 Å². The molecule has 0 spiro atoms. The molecule has 2 aliphatic carbocycles. The molecule has 0 unspecified atom stereocenters. The van der Waals surface area contributed by atoms with Gasteiger partial charge in [0.25, 0.3) is 0 Å². The number of ketones is 2. The molecule has 0 amide bonds. The highest BCUT2D eigenvalue weighted by atomic mass is 16.7. The van der Waals surface area contributed by atoms with Crippen LogP contribution in [0.1, 0.15) is 86.3 Å². The summed E-state index contributed by atoms with van der Waals surface area (Å²) in [4.78, 5) is 24.6. The van der Waals surface area contributed by atoms with Crippen LogP contribution in [0.15, 0.2) is 48.6 Å². The van der Waals surface area contributed by atoms with E-state index in [-0.39, 0.29) is 22.4 Å². The Labute approximate surface area is 202 Å². The fourth-order valence-electron chi connectivity index (χ4n) is 5.72. The van der Waals surface area contributed by atoms with Crippen LogP contribution in [-0.4, -0.2) is 24.8 Å². The third-order valence-corrected chi connectivity index (χ3v) is 7.81. The van der Waals surface area contributed by atoms with Crippen molar-refractivity contribution in [2.45, 2.75) is 76.4 Å². The smallest absolute Gasteiger partial charge is 0.222 e. The van der Waals surface area contributed by atoms with E-state index in [1.54, 1.807) is 0 Å². The van der Waals surface area contributed by atoms with E-state index in [2.05, 4.69) is 58.9 Å². The molecule has 0 radical (unpaired) electrons. The van der Waals surface area contributed by atoms with Crippen molar-refractivity contribution in [1.29, 1.82) is 0 Å². The molecule has 5 rings (SSSR count). The molecule has 1 heterocycles. The summed E-state index contributed by atoms with van der Waals surface area (Å²) in [6, 6.07) is 12.3. The molecule has 34 heavy (non-hydrogen) atoms. The number of aryl methyl sites for hydroxylation is 1. The van der Waals surface area contributed by atoms with Gasteiger partial charge in [-0.1, -0.05) is 70.2 Å². The number of rotatable bonds is 3. The topological polar surface area (TPSA) is 52.6 Å². The quantitative estimate of drug-likeness (QED) is 0.433. The SMILES string of the molecule is Cc1cc2c(cc1C1(c3ccc(C4C(=O)CCC4=O)cc3)OCCCO1)C(C)(C)C=CC2(C)C. The number of Topliss-reactive ketones (excluding diaryl/α,β-unsaturated/α-hetero) is 2. The number of fused-ring (bicyclic) bond motifs is 1. The number of hydrogen-bond donors (Lipinski definition) is 0. The van der Waals surface area contributed by atoms with Gasteiger partial charge in [-0.25, -0.2) is 0 Å². The molecule has 0 bridgehead atoms. The lowest BCUT2D eigenvalue weighted by Crippen LogP contribution is -2.40. The number of benzene rings is 2. The summed E-state index contributed by atoms with van der Waals surface area (Å²) in [6.07, 6.45) is 6.14. The Morgan fingerprint density at radius 2 is 1.29 bits per heavy atom. The summed E-state index contributed by atoms with van der Waals surface area (Å²) >= 11 is 0. The Morgan fingerprint density at radius 1 is 0.765 bits per heavy atom. The van der Waals surface area contributed by atoms with Gasteiger partial charge in [0.2, 0.25) is 5.79 Å². The van der Waals surface area contributed by atoms with Crippen LogP contribution in [0.5, 0.6) is 0 Å². The largest absolute Gasteiger partial charge is 0.342 e. The average Bonchev–Trinajstić information content (AvgIpc) is 3.15. The maximum absolute atomic E-state index is 12.3. The van der Waals surface area contributed by atoms with E-state index in [9.17, 15) is 9.59 Å². The van der Waals surface area contributed by atoms with Crippen molar-refractivity contribution in [2.75, 3.05) is 13.2 Å². The lowest BCUT2D eigenvalue weighted by atomic mass is 9.66. The first kappa shape index (κ1) is 23.2. The van der Waals surface area contributed by atoms with Crippen molar-refractivity contribution in [3.63, 3.8) is 0 Å². The zero-order valence-electron chi connectivity index (χ0n) is 20.9. The van der Waals surface area contributed by atoms with Gasteiger partial charge < -0.3 is 9.47 Å². The minimum atomic E-state index is -1.01. The van der Waals surface area contributed by atoms with Crippen LogP contribution >= 0.6 is 0 Å². The Kier molecular flexibility index (Phi) is 5.46. The third-order valence-electron chi connectivity index (χ3n) is 7.81. The van der Waals surface area contributed by atoms with Crippen molar-refractivity contribution in [2.24, 2.45) is 0 Å². The van der Waals surface area contributed by atoms with E-state index in [1.165, 1.54) is 11.1 Å². The minimum absolute atomic E-state index is 0.0149. The lowest BCUT2D eigenvalue weighted by molar-refractivity contribution is -0.249. The van der Waals surface area contributed by atoms with Gasteiger partial charge in [-0.3, -0.25) is 9.59 Å². The van der Waals surface area contributed by atoms with Crippen LogP contribution in [0.25, 0.3) is 0 Å². The Morgan fingerprint density at radius 3 is 1.85 bits per heavy atom. The summed E-state index contributed by atoms with van der Waals surface area (Å²) in [5.41, 5.74) is 6.28. The first-order valence-electron chi connectivity index (χ1n) is 12.4. The highest BCUT2D eigenvalue weighted by molar-refractivity contribution is 6.13. The molecule has 1 saturated carbocycles. The second-order valence-electron chi connectivity index (χ2n) is 11.1. The van der Waals surface area contributed by atoms with Crippen LogP contribution in [0.3, 0.4) is 0 Å². The number of carbonyl (C=O) groups excluding carboxylic acids is 2. The highest BCUT2D eigenvalue weighted by Crippen LogP contribution is 2.46. The molecular formula is C30H34O4. The number of ether oxygens (including phenoxy) is 2. The fourth-order valence-corrected chi connectivity index (χ4v) is 5.72. The molecule has 2 fully saturated rings. The molecule has 178 valence electrons. The molecule has 1 aliphatic heterocycles. The van der Waals surface area contributed by atoms with E-state index in [1.807, 2.05) is 24.3 Å². The van der Waals surface area contributed by atoms with Crippen molar-refractivity contribution in [3.8, 4) is 0 Å². The summed E-state index contributed by atoms with van der Waals surface area (Å²) in [5, 5.41) is 0. The van der Waals surface area contributed by atoms with Gasteiger partial charge in [0.15, 0.2) is 0 Å². The van der Waals surface area contributed by atoms with Gasteiger partial charge in [0.1, 0.15) is 17.5 Å². The molecule has 2 aromatic carbocycles. The van der Waals surface area contributed by atoms with Crippen LogP contribution in [-0.2, 0) is 35.7 Å². The van der Waals surface area contributed by atoms with Crippen molar-refractivity contribution in [3.05, 3.63) is 81.9 Å². The molecule has 0 atom stereocenters. The van der Waals surface area contributed by atoms with Crippen LogP contribution in [0, 0.1) is 6.92 Å². The van der Waals surface area contributed by atoms with Gasteiger partial charge in [-0.05, 0) is 41.7 Å². The fraction of sp³-hybridized carbons (Fsp3) is 0.467. The van der Waals surface area contributed by atoms with Crippen molar-refractivity contribution >= 4 is 11.6 Å². The van der Waals surface area contributed by atoms with E-state index in [4.69, 9.17) is 9.47 Å². The van der Waals surface area contributed by atoms with E-state index in [0.29, 0.717) is 26.1 Å². The second-order valence-corrected chi connectivity index (χ2v) is 11.1.